The predicted molar refractivity (Wildman–Crippen MR) is 88.9 cm³/mol. The van der Waals surface area contributed by atoms with Crippen molar-refractivity contribution in [3.8, 4) is 0 Å². The first-order valence-electron chi connectivity index (χ1n) is 7.61. The van der Waals surface area contributed by atoms with E-state index >= 15 is 0 Å². The molecule has 1 fully saturated rings. The number of amides is 3. The lowest BCUT2D eigenvalue weighted by Gasteiger charge is -2.25. The van der Waals surface area contributed by atoms with Crippen LogP contribution in [0.5, 0.6) is 0 Å². The number of halogens is 2. The van der Waals surface area contributed by atoms with Crippen molar-refractivity contribution in [2.24, 2.45) is 0 Å². The molecule has 1 unspecified atom stereocenters. The molecule has 1 heterocycles. The van der Waals surface area contributed by atoms with Crippen molar-refractivity contribution >= 4 is 23.5 Å². The highest BCUT2D eigenvalue weighted by molar-refractivity contribution is 6.30. The molecule has 1 aliphatic heterocycles. The number of hydrogen-bond acceptors (Lipinski definition) is 2. The van der Waals surface area contributed by atoms with Crippen molar-refractivity contribution in [3.05, 3.63) is 70.5 Å². The van der Waals surface area contributed by atoms with Crippen molar-refractivity contribution in [2.45, 2.75) is 25.4 Å². The summed E-state index contributed by atoms with van der Waals surface area (Å²) in [5.41, 5.74) is 0.166. The summed E-state index contributed by atoms with van der Waals surface area (Å²) < 4.78 is 13.2. The smallest absolute Gasteiger partial charge is 0.319 e. The molecule has 24 heavy (non-hydrogen) atoms. The molecule has 124 valence electrons. The van der Waals surface area contributed by atoms with E-state index in [4.69, 9.17) is 11.6 Å². The maximum atomic E-state index is 13.2. The number of carbonyl (C=O) groups is 2. The number of nitrogens with one attached hydrogen (secondary N) is 1. The summed E-state index contributed by atoms with van der Waals surface area (Å²) in [6.07, 6.45) is 0.370. The topological polar surface area (TPSA) is 49.4 Å². The number of urea groups is 1. The highest BCUT2D eigenvalue weighted by Gasteiger charge is 2.51. The van der Waals surface area contributed by atoms with E-state index in [1.54, 1.807) is 24.3 Å². The Hall–Kier alpha value is -2.40. The van der Waals surface area contributed by atoms with Crippen molar-refractivity contribution in [1.82, 2.24) is 10.2 Å². The first kappa shape index (κ1) is 16.5. The largest absolute Gasteiger partial charge is 0.325 e. The second kappa shape index (κ2) is 6.24. The first-order chi connectivity index (χ1) is 11.5. The van der Waals surface area contributed by atoms with Gasteiger partial charge in [0.2, 0.25) is 0 Å². The van der Waals surface area contributed by atoms with Crippen LogP contribution in [0.25, 0.3) is 0 Å². The van der Waals surface area contributed by atoms with E-state index in [1.807, 2.05) is 6.92 Å². The number of benzene rings is 2. The van der Waals surface area contributed by atoms with Gasteiger partial charge in [0, 0.05) is 5.02 Å². The molecule has 0 bridgehead atoms. The van der Waals surface area contributed by atoms with Gasteiger partial charge in [0.15, 0.2) is 0 Å². The second-order valence-electron chi connectivity index (χ2n) is 5.72. The molecule has 0 aromatic heterocycles. The van der Waals surface area contributed by atoms with Gasteiger partial charge >= 0.3 is 6.03 Å². The molecule has 6 heteroatoms. The maximum Gasteiger partial charge on any atom is 0.325 e. The van der Waals surface area contributed by atoms with Crippen LogP contribution in [0.4, 0.5) is 9.18 Å². The lowest BCUT2D eigenvalue weighted by molar-refractivity contribution is -0.132. The molecule has 3 rings (SSSR count). The summed E-state index contributed by atoms with van der Waals surface area (Å²) in [6, 6.07) is 12.2. The lowest BCUT2D eigenvalue weighted by atomic mass is 9.87. The van der Waals surface area contributed by atoms with E-state index in [9.17, 15) is 14.0 Å². The van der Waals surface area contributed by atoms with Gasteiger partial charge in [-0.15, -0.1) is 0 Å². The SMILES string of the molecule is CCC1(c2ccc(F)cc2)NC(=O)N(Cc2cccc(Cl)c2)C1=O. The summed E-state index contributed by atoms with van der Waals surface area (Å²) in [4.78, 5) is 26.5. The Kier molecular flexibility index (Phi) is 4.28. The summed E-state index contributed by atoms with van der Waals surface area (Å²) in [5.74, 6) is -0.737. The summed E-state index contributed by atoms with van der Waals surface area (Å²) in [7, 11) is 0. The van der Waals surface area contributed by atoms with Crippen molar-refractivity contribution in [2.75, 3.05) is 0 Å². The molecule has 1 saturated heterocycles. The highest BCUT2D eigenvalue weighted by Crippen LogP contribution is 2.33. The second-order valence-corrected chi connectivity index (χ2v) is 6.15. The zero-order chi connectivity index (χ0) is 17.3. The maximum absolute atomic E-state index is 13.2. The predicted octanol–water partition coefficient (Wildman–Crippen LogP) is 3.84. The third kappa shape index (κ3) is 2.76. The quantitative estimate of drug-likeness (QED) is 0.855. The van der Waals surface area contributed by atoms with E-state index in [2.05, 4.69) is 5.32 Å². The molecule has 0 radical (unpaired) electrons. The molecule has 2 aromatic carbocycles. The van der Waals surface area contributed by atoms with Crippen LogP contribution in [0.2, 0.25) is 5.02 Å². The van der Waals surface area contributed by atoms with Gasteiger partial charge in [-0.3, -0.25) is 9.69 Å². The van der Waals surface area contributed by atoms with E-state index in [1.165, 1.54) is 29.2 Å². The number of hydrogen-bond donors (Lipinski definition) is 1. The molecule has 1 N–H and O–H groups in total. The standard InChI is InChI=1S/C18H16ClFN2O2/c1-2-18(13-6-8-15(20)9-7-13)16(23)22(17(24)21-18)11-12-4-3-5-14(19)10-12/h3-10H,2,11H2,1H3,(H,21,24). The van der Waals surface area contributed by atoms with Crippen LogP contribution in [0, 0.1) is 5.82 Å². The number of nitrogens with zero attached hydrogens (tertiary/aromatic N) is 1. The average molecular weight is 347 g/mol. The van der Waals surface area contributed by atoms with Gasteiger partial charge < -0.3 is 5.32 Å². The molecular formula is C18H16ClFN2O2. The first-order valence-corrected chi connectivity index (χ1v) is 7.98. The molecule has 0 spiro atoms. The Morgan fingerprint density at radius 3 is 2.50 bits per heavy atom. The minimum absolute atomic E-state index is 0.133. The van der Waals surface area contributed by atoms with Gasteiger partial charge in [0.25, 0.3) is 5.91 Å². The van der Waals surface area contributed by atoms with Crippen LogP contribution in [0.15, 0.2) is 48.5 Å². The number of imide groups is 1. The Balaban J connectivity index is 1.93. The van der Waals surface area contributed by atoms with Crippen LogP contribution in [-0.2, 0) is 16.9 Å². The van der Waals surface area contributed by atoms with Gasteiger partial charge in [-0.05, 0) is 41.8 Å². The normalized spacial score (nSPS) is 20.4. The van der Waals surface area contributed by atoms with Crippen LogP contribution >= 0.6 is 11.6 Å². The summed E-state index contributed by atoms with van der Waals surface area (Å²) in [5, 5.41) is 3.31. The van der Waals surface area contributed by atoms with Gasteiger partial charge in [0.1, 0.15) is 11.4 Å². The average Bonchev–Trinajstić information content (AvgIpc) is 2.81. The van der Waals surface area contributed by atoms with Crippen molar-refractivity contribution < 1.29 is 14.0 Å². The molecule has 0 aliphatic carbocycles. The number of rotatable bonds is 4. The Bertz CT molecular complexity index is 794. The Morgan fingerprint density at radius 1 is 1.17 bits per heavy atom. The van der Waals surface area contributed by atoms with Crippen LogP contribution in [0.3, 0.4) is 0 Å². The van der Waals surface area contributed by atoms with Gasteiger partial charge in [-0.2, -0.15) is 0 Å². The van der Waals surface area contributed by atoms with Gasteiger partial charge in [0.05, 0.1) is 6.54 Å². The zero-order valence-corrected chi connectivity index (χ0v) is 13.8. The zero-order valence-electron chi connectivity index (χ0n) is 13.1. The Labute approximate surface area is 144 Å². The highest BCUT2D eigenvalue weighted by atomic mass is 35.5. The van der Waals surface area contributed by atoms with E-state index in [0.29, 0.717) is 17.0 Å². The number of carbonyl (C=O) groups excluding carboxylic acids is 2. The van der Waals surface area contributed by atoms with Crippen LogP contribution in [0.1, 0.15) is 24.5 Å². The van der Waals surface area contributed by atoms with Gasteiger partial charge in [-0.25, -0.2) is 9.18 Å². The third-order valence-electron chi connectivity index (χ3n) is 4.27. The van der Waals surface area contributed by atoms with Crippen LogP contribution < -0.4 is 5.32 Å². The molecular weight excluding hydrogens is 331 g/mol. The minimum Gasteiger partial charge on any atom is -0.319 e. The summed E-state index contributed by atoms with van der Waals surface area (Å²) in [6.45, 7) is 1.94. The van der Waals surface area contributed by atoms with E-state index in [-0.39, 0.29) is 12.5 Å². The monoisotopic (exact) mass is 346 g/mol. The van der Waals surface area contributed by atoms with Crippen molar-refractivity contribution in [1.29, 1.82) is 0 Å². The van der Waals surface area contributed by atoms with E-state index < -0.39 is 17.4 Å². The van der Waals surface area contributed by atoms with E-state index in [0.717, 1.165) is 5.56 Å². The van der Waals surface area contributed by atoms with Crippen molar-refractivity contribution in [3.63, 3.8) is 0 Å². The fourth-order valence-corrected chi connectivity index (χ4v) is 3.17. The Morgan fingerprint density at radius 2 is 1.88 bits per heavy atom. The molecule has 0 saturated carbocycles. The third-order valence-corrected chi connectivity index (χ3v) is 4.51. The molecule has 2 aromatic rings. The van der Waals surface area contributed by atoms with Gasteiger partial charge in [-0.1, -0.05) is 42.8 Å². The molecule has 4 nitrogen and oxygen atoms in total. The lowest BCUT2D eigenvalue weighted by Crippen LogP contribution is -2.43. The molecule has 1 atom stereocenters. The fourth-order valence-electron chi connectivity index (χ4n) is 2.96. The summed E-state index contributed by atoms with van der Waals surface area (Å²) >= 11 is 5.96. The van der Waals surface area contributed by atoms with Crippen LogP contribution in [-0.4, -0.2) is 16.8 Å². The molecule has 1 aliphatic rings. The fraction of sp³-hybridized carbons (Fsp3) is 0.222. The minimum atomic E-state index is -1.16. The molecule has 3 amide bonds.